The van der Waals surface area contributed by atoms with E-state index in [4.69, 9.17) is 0 Å². The minimum atomic E-state index is -0.459. The van der Waals surface area contributed by atoms with Crippen molar-refractivity contribution in [1.29, 1.82) is 0 Å². The third-order valence-corrected chi connectivity index (χ3v) is 3.75. The maximum Gasteiger partial charge on any atom is 0.270 e. The van der Waals surface area contributed by atoms with Crippen LogP contribution in [0.1, 0.15) is 36.6 Å². The van der Waals surface area contributed by atoms with Crippen LogP contribution in [0.3, 0.4) is 0 Å². The summed E-state index contributed by atoms with van der Waals surface area (Å²) in [7, 11) is 0. The van der Waals surface area contributed by atoms with Crippen molar-refractivity contribution in [2.24, 2.45) is 0 Å². The molecule has 2 aromatic carbocycles. The number of nitrogens with one attached hydrogen (secondary N) is 1. The molecule has 2 rings (SSSR count). The molecule has 1 unspecified atom stereocenters. The number of nitro groups is 1. The molecule has 0 heterocycles. The van der Waals surface area contributed by atoms with Crippen molar-refractivity contribution in [3.63, 3.8) is 0 Å². The zero-order chi connectivity index (χ0) is 17.5. The van der Waals surface area contributed by atoms with Crippen LogP contribution in [0.25, 0.3) is 6.08 Å². The topological polar surface area (TPSA) is 72.2 Å². The van der Waals surface area contributed by atoms with Gasteiger partial charge in [-0.15, -0.1) is 0 Å². The molecule has 5 nitrogen and oxygen atoms in total. The number of non-ortho nitro benzene ring substituents is 1. The Balaban J connectivity index is 1.98. The number of hydrogen-bond donors (Lipinski definition) is 1. The zero-order valence-corrected chi connectivity index (χ0v) is 13.7. The first-order chi connectivity index (χ1) is 11.5. The largest absolute Gasteiger partial charge is 0.346 e. The van der Waals surface area contributed by atoms with Gasteiger partial charge in [0.25, 0.3) is 5.69 Å². The predicted octanol–water partition coefficient (Wildman–Crippen LogP) is 4.05. The Morgan fingerprint density at radius 1 is 1.25 bits per heavy atom. The van der Waals surface area contributed by atoms with Gasteiger partial charge >= 0.3 is 0 Å². The smallest absolute Gasteiger partial charge is 0.270 e. The second-order valence-electron chi connectivity index (χ2n) is 5.51. The van der Waals surface area contributed by atoms with Gasteiger partial charge in [-0.05, 0) is 36.1 Å². The van der Waals surface area contributed by atoms with Gasteiger partial charge in [0.1, 0.15) is 0 Å². The maximum atomic E-state index is 12.0. The maximum absolute atomic E-state index is 12.0. The highest BCUT2D eigenvalue weighted by atomic mass is 16.6. The van der Waals surface area contributed by atoms with Crippen molar-refractivity contribution in [1.82, 2.24) is 5.32 Å². The highest BCUT2D eigenvalue weighted by Gasteiger charge is 2.08. The van der Waals surface area contributed by atoms with Gasteiger partial charge in [-0.25, -0.2) is 0 Å². The van der Waals surface area contributed by atoms with E-state index >= 15 is 0 Å². The third kappa shape index (κ3) is 4.78. The fourth-order valence-electron chi connectivity index (χ4n) is 2.30. The molecule has 0 saturated heterocycles. The molecule has 1 amide bonds. The molecule has 0 fully saturated rings. The number of carbonyl (C=O) groups is 1. The van der Waals surface area contributed by atoms with Crippen molar-refractivity contribution < 1.29 is 9.72 Å². The van der Waals surface area contributed by atoms with Crippen LogP contribution in [0.4, 0.5) is 5.69 Å². The molecule has 5 heteroatoms. The van der Waals surface area contributed by atoms with Gasteiger partial charge in [0.15, 0.2) is 0 Å². The molecule has 0 radical (unpaired) electrons. The van der Waals surface area contributed by atoms with E-state index in [0.717, 1.165) is 12.0 Å². The average Bonchev–Trinajstić information content (AvgIpc) is 2.60. The van der Waals surface area contributed by atoms with E-state index in [1.807, 2.05) is 19.1 Å². The summed E-state index contributed by atoms with van der Waals surface area (Å²) < 4.78 is 0. The molecule has 24 heavy (non-hydrogen) atoms. The van der Waals surface area contributed by atoms with Crippen molar-refractivity contribution in [2.75, 3.05) is 0 Å². The first kappa shape index (κ1) is 17.4. The Hall–Kier alpha value is -2.95. The molecule has 124 valence electrons. The van der Waals surface area contributed by atoms with Gasteiger partial charge in [0, 0.05) is 18.2 Å². The monoisotopic (exact) mass is 324 g/mol. The molecule has 0 bridgehead atoms. The van der Waals surface area contributed by atoms with E-state index in [1.54, 1.807) is 18.2 Å². The molecule has 0 aliphatic carbocycles. The summed E-state index contributed by atoms with van der Waals surface area (Å²) in [4.78, 5) is 22.3. The molecule has 2 aromatic rings. The summed E-state index contributed by atoms with van der Waals surface area (Å²) in [6, 6.07) is 14.2. The first-order valence-electron chi connectivity index (χ1n) is 7.81. The Kier molecular flexibility index (Phi) is 5.84. The third-order valence-electron chi connectivity index (χ3n) is 3.75. The van der Waals surface area contributed by atoms with Gasteiger partial charge in [-0.1, -0.05) is 43.3 Å². The van der Waals surface area contributed by atoms with Crippen LogP contribution in [0.5, 0.6) is 0 Å². The van der Waals surface area contributed by atoms with Crippen LogP contribution < -0.4 is 5.32 Å². The predicted molar refractivity (Wildman–Crippen MR) is 94.5 cm³/mol. The van der Waals surface area contributed by atoms with Crippen LogP contribution in [0, 0.1) is 10.1 Å². The Morgan fingerprint density at radius 2 is 1.96 bits per heavy atom. The minimum absolute atomic E-state index is 0.00180. The quantitative estimate of drug-likeness (QED) is 0.495. The van der Waals surface area contributed by atoms with Crippen molar-refractivity contribution in [3.8, 4) is 0 Å². The second-order valence-corrected chi connectivity index (χ2v) is 5.51. The van der Waals surface area contributed by atoms with Crippen LogP contribution in [-0.2, 0) is 11.2 Å². The fourth-order valence-corrected chi connectivity index (χ4v) is 2.30. The number of carbonyl (C=O) groups excluding carboxylic acids is 1. The lowest BCUT2D eigenvalue weighted by molar-refractivity contribution is -0.384. The van der Waals surface area contributed by atoms with Gasteiger partial charge in [-0.2, -0.15) is 0 Å². The number of amides is 1. The van der Waals surface area contributed by atoms with E-state index in [0.29, 0.717) is 5.56 Å². The van der Waals surface area contributed by atoms with E-state index in [9.17, 15) is 14.9 Å². The van der Waals surface area contributed by atoms with Crippen molar-refractivity contribution >= 4 is 17.7 Å². The highest BCUT2D eigenvalue weighted by molar-refractivity contribution is 5.92. The first-order valence-corrected chi connectivity index (χ1v) is 7.81. The SMILES string of the molecule is CCc1ccc(C(C)NC(=O)/C=C/c2cccc([N+](=O)[O-])c2)cc1. The summed E-state index contributed by atoms with van der Waals surface area (Å²) in [5, 5.41) is 13.6. The summed E-state index contributed by atoms with van der Waals surface area (Å²) in [6.07, 6.45) is 3.93. The number of nitrogens with zero attached hydrogens (tertiary/aromatic N) is 1. The van der Waals surface area contributed by atoms with Crippen LogP contribution in [0.2, 0.25) is 0 Å². The average molecular weight is 324 g/mol. The zero-order valence-electron chi connectivity index (χ0n) is 13.7. The molecular formula is C19H20N2O3. The van der Waals surface area contributed by atoms with Crippen molar-refractivity contribution in [2.45, 2.75) is 26.3 Å². The molecule has 0 spiro atoms. The Labute approximate surface area is 141 Å². The molecule has 0 aromatic heterocycles. The van der Waals surface area contributed by atoms with Gasteiger partial charge < -0.3 is 5.32 Å². The second kappa shape index (κ2) is 8.06. The molecule has 0 aliphatic rings. The van der Waals surface area contributed by atoms with E-state index in [2.05, 4.69) is 24.4 Å². The lowest BCUT2D eigenvalue weighted by Crippen LogP contribution is -2.24. The molecule has 0 saturated carbocycles. The summed E-state index contributed by atoms with van der Waals surface area (Å²) in [5.74, 6) is -0.242. The number of aryl methyl sites for hydroxylation is 1. The molecule has 0 aliphatic heterocycles. The minimum Gasteiger partial charge on any atom is -0.346 e. The standard InChI is InChI=1S/C19H20N2O3/c1-3-15-7-10-17(11-8-15)14(2)20-19(22)12-9-16-5-4-6-18(13-16)21(23)24/h4-14H,3H2,1-2H3,(H,20,22)/b12-9+. The summed E-state index contributed by atoms with van der Waals surface area (Å²) in [5.41, 5.74) is 2.90. The van der Waals surface area contributed by atoms with E-state index in [1.165, 1.54) is 23.8 Å². The van der Waals surface area contributed by atoms with Crippen LogP contribution >= 0.6 is 0 Å². The summed E-state index contributed by atoms with van der Waals surface area (Å²) >= 11 is 0. The van der Waals surface area contributed by atoms with Gasteiger partial charge in [0.2, 0.25) is 5.91 Å². The lowest BCUT2D eigenvalue weighted by atomic mass is 10.0. The number of rotatable bonds is 6. The molecule has 1 N–H and O–H groups in total. The normalized spacial score (nSPS) is 12.1. The van der Waals surface area contributed by atoms with Gasteiger partial charge in [0.05, 0.1) is 11.0 Å². The number of benzene rings is 2. The number of nitro benzene ring substituents is 1. The highest BCUT2D eigenvalue weighted by Crippen LogP contribution is 2.15. The van der Waals surface area contributed by atoms with Crippen molar-refractivity contribution in [3.05, 3.63) is 81.4 Å². The van der Waals surface area contributed by atoms with Gasteiger partial charge in [-0.3, -0.25) is 14.9 Å². The Morgan fingerprint density at radius 3 is 2.58 bits per heavy atom. The van der Waals surface area contributed by atoms with E-state index in [-0.39, 0.29) is 17.6 Å². The fraction of sp³-hybridized carbons (Fsp3) is 0.211. The van der Waals surface area contributed by atoms with Crippen LogP contribution in [0.15, 0.2) is 54.6 Å². The molecule has 1 atom stereocenters. The van der Waals surface area contributed by atoms with Crippen LogP contribution in [-0.4, -0.2) is 10.8 Å². The van der Waals surface area contributed by atoms with E-state index < -0.39 is 4.92 Å². The Bertz CT molecular complexity index is 751. The molecular weight excluding hydrogens is 304 g/mol. The lowest BCUT2D eigenvalue weighted by Gasteiger charge is -2.13. The number of hydrogen-bond acceptors (Lipinski definition) is 3. The summed E-state index contributed by atoms with van der Waals surface area (Å²) in [6.45, 7) is 4.01.